The van der Waals surface area contributed by atoms with Crippen molar-refractivity contribution in [3.05, 3.63) is 52.9 Å². The average molecular weight is 359 g/mol. The lowest BCUT2D eigenvalue weighted by molar-refractivity contribution is -0.117. The van der Waals surface area contributed by atoms with E-state index in [9.17, 15) is 9.59 Å². The van der Waals surface area contributed by atoms with Crippen molar-refractivity contribution in [2.75, 3.05) is 11.1 Å². The summed E-state index contributed by atoms with van der Waals surface area (Å²) in [7, 11) is 1.86. The predicted octanol–water partition coefficient (Wildman–Crippen LogP) is 2.28. The molecule has 0 radical (unpaired) electrons. The zero-order valence-corrected chi connectivity index (χ0v) is 14.6. The van der Waals surface area contributed by atoms with E-state index >= 15 is 0 Å². The van der Waals surface area contributed by atoms with E-state index in [1.165, 1.54) is 6.07 Å². The van der Waals surface area contributed by atoms with E-state index in [0.717, 1.165) is 22.0 Å². The summed E-state index contributed by atoms with van der Waals surface area (Å²) in [4.78, 5) is 28.1. The number of fused-ring (bicyclic) bond motifs is 1. The predicted molar refractivity (Wildman–Crippen MR) is 103 cm³/mol. The quantitative estimate of drug-likeness (QED) is 0.696. The summed E-state index contributed by atoms with van der Waals surface area (Å²) in [5.74, 6) is -0.243. The first kappa shape index (κ1) is 16.8. The summed E-state index contributed by atoms with van der Waals surface area (Å²) in [6.45, 7) is 0. The first-order valence-corrected chi connectivity index (χ1v) is 8.53. The van der Waals surface area contributed by atoms with Gasteiger partial charge in [-0.3, -0.25) is 9.59 Å². The minimum atomic E-state index is -0.261. The zero-order chi connectivity index (χ0) is 19.1. The maximum absolute atomic E-state index is 12.2. The lowest BCUT2D eigenvalue weighted by Gasteiger charge is -2.12. The highest BCUT2D eigenvalue weighted by atomic mass is 16.2. The van der Waals surface area contributed by atoms with Crippen molar-refractivity contribution in [1.82, 2.24) is 9.55 Å². The molecule has 0 aliphatic heterocycles. The third kappa shape index (κ3) is 3.13. The number of nitriles is 1. The number of hydrogen-bond donors (Lipinski definition) is 2. The maximum atomic E-state index is 12.2. The van der Waals surface area contributed by atoms with Crippen molar-refractivity contribution >= 4 is 28.2 Å². The van der Waals surface area contributed by atoms with E-state index < -0.39 is 0 Å². The van der Waals surface area contributed by atoms with Crippen LogP contribution in [0, 0.1) is 23.2 Å². The van der Waals surface area contributed by atoms with E-state index in [1.807, 2.05) is 17.7 Å². The number of aromatic nitrogens is 2. The van der Waals surface area contributed by atoms with Crippen molar-refractivity contribution in [3.8, 4) is 17.3 Å². The van der Waals surface area contributed by atoms with Gasteiger partial charge in [0.05, 0.1) is 23.6 Å². The summed E-state index contributed by atoms with van der Waals surface area (Å²) in [5.41, 5.74) is 8.18. The molecule has 2 atom stereocenters. The molecule has 0 bridgehead atoms. The van der Waals surface area contributed by atoms with Gasteiger partial charge in [0.15, 0.2) is 5.43 Å². The van der Waals surface area contributed by atoms with Crippen LogP contribution in [0.25, 0.3) is 22.0 Å². The molecule has 1 fully saturated rings. The number of hydrogen-bond acceptors (Lipinski definition) is 5. The maximum Gasteiger partial charge on any atom is 0.230 e. The van der Waals surface area contributed by atoms with Gasteiger partial charge >= 0.3 is 0 Å². The first-order chi connectivity index (χ1) is 13.0. The number of nitrogens with zero attached hydrogens (tertiary/aromatic N) is 3. The molecule has 7 heteroatoms. The number of benzene rings is 1. The Labute approximate surface area is 155 Å². The molecule has 1 aromatic carbocycles. The molecule has 2 aromatic heterocycles. The highest BCUT2D eigenvalue weighted by molar-refractivity contribution is 6.00. The average Bonchev–Trinajstić information content (AvgIpc) is 3.43. The Morgan fingerprint density at radius 3 is 2.93 bits per heavy atom. The molecule has 2 heterocycles. The van der Waals surface area contributed by atoms with Crippen LogP contribution in [0.15, 0.2) is 47.5 Å². The Bertz CT molecular complexity index is 1180. The molecular weight excluding hydrogens is 342 g/mol. The number of nitrogens with two attached hydrogens (primary N) is 1. The minimum absolute atomic E-state index is 0.0825. The van der Waals surface area contributed by atoms with Gasteiger partial charge in [-0.05, 0) is 30.0 Å². The van der Waals surface area contributed by atoms with E-state index in [0.29, 0.717) is 17.9 Å². The normalized spacial score (nSPS) is 18.1. The third-order valence-corrected chi connectivity index (χ3v) is 4.83. The molecule has 0 saturated heterocycles. The molecule has 3 N–H and O–H groups in total. The first-order valence-electron chi connectivity index (χ1n) is 8.53. The van der Waals surface area contributed by atoms with Gasteiger partial charge in [0, 0.05) is 48.2 Å². The van der Waals surface area contributed by atoms with Gasteiger partial charge < -0.3 is 15.6 Å². The summed E-state index contributed by atoms with van der Waals surface area (Å²) < 4.78 is 1.85. The standard InChI is InChI=1S/C20H17N5O2/c1-25-3-2-14(26)8-18(25)12-4-11-7-19(23-10-16(11)17(22)6-12)24-20(27)15-5-13(15)9-21/h2-4,6-8,10,13,15H,5,22H2,1H3,(H,23,24,27). The number of anilines is 2. The van der Waals surface area contributed by atoms with Gasteiger partial charge in [-0.1, -0.05) is 0 Å². The van der Waals surface area contributed by atoms with Crippen LogP contribution in [0.3, 0.4) is 0 Å². The lowest BCUT2D eigenvalue weighted by atomic mass is 10.0. The molecule has 7 nitrogen and oxygen atoms in total. The molecular formula is C20H17N5O2. The fourth-order valence-electron chi connectivity index (χ4n) is 3.19. The van der Waals surface area contributed by atoms with Gasteiger partial charge in [-0.15, -0.1) is 0 Å². The second-order valence-corrected chi connectivity index (χ2v) is 6.78. The number of amides is 1. The van der Waals surface area contributed by atoms with Crippen molar-refractivity contribution in [1.29, 1.82) is 5.26 Å². The van der Waals surface area contributed by atoms with Gasteiger partial charge in [0.25, 0.3) is 0 Å². The molecule has 4 rings (SSSR count). The second kappa shape index (κ2) is 6.25. The Morgan fingerprint density at radius 2 is 2.19 bits per heavy atom. The van der Waals surface area contributed by atoms with Gasteiger partial charge in [-0.2, -0.15) is 5.26 Å². The molecule has 134 valence electrons. The Kier molecular flexibility index (Phi) is 3.89. The lowest BCUT2D eigenvalue weighted by Crippen LogP contribution is -2.15. The number of rotatable bonds is 3. The highest BCUT2D eigenvalue weighted by Crippen LogP contribution is 2.38. The molecule has 1 aliphatic carbocycles. The Hall–Kier alpha value is -3.66. The minimum Gasteiger partial charge on any atom is -0.398 e. The molecule has 2 unspecified atom stereocenters. The summed E-state index contributed by atoms with van der Waals surface area (Å²) in [5, 5.41) is 13.2. The molecule has 0 spiro atoms. The van der Waals surface area contributed by atoms with Crippen molar-refractivity contribution < 1.29 is 4.79 Å². The summed E-state index contributed by atoms with van der Waals surface area (Å²) in [6.07, 6.45) is 3.91. The topological polar surface area (TPSA) is 114 Å². The van der Waals surface area contributed by atoms with Crippen LogP contribution in [-0.2, 0) is 11.8 Å². The number of nitrogen functional groups attached to an aromatic ring is 1. The van der Waals surface area contributed by atoms with Crippen LogP contribution in [0.2, 0.25) is 0 Å². The molecule has 1 saturated carbocycles. The van der Waals surface area contributed by atoms with E-state index in [2.05, 4.69) is 16.4 Å². The number of carbonyl (C=O) groups is 1. The second-order valence-electron chi connectivity index (χ2n) is 6.78. The smallest absolute Gasteiger partial charge is 0.230 e. The van der Waals surface area contributed by atoms with E-state index in [4.69, 9.17) is 11.0 Å². The molecule has 3 aromatic rings. The van der Waals surface area contributed by atoms with Crippen LogP contribution in [-0.4, -0.2) is 15.5 Å². The van der Waals surface area contributed by atoms with Crippen LogP contribution < -0.4 is 16.5 Å². The van der Waals surface area contributed by atoms with Crippen LogP contribution >= 0.6 is 0 Å². The van der Waals surface area contributed by atoms with Gasteiger partial charge in [0.1, 0.15) is 5.82 Å². The fraction of sp³-hybridized carbons (Fsp3) is 0.200. The van der Waals surface area contributed by atoms with Crippen LogP contribution in [0.1, 0.15) is 6.42 Å². The Morgan fingerprint density at radius 1 is 1.37 bits per heavy atom. The van der Waals surface area contributed by atoms with Crippen LogP contribution in [0.5, 0.6) is 0 Å². The molecule has 1 aliphatic rings. The van der Waals surface area contributed by atoms with Crippen LogP contribution in [0.4, 0.5) is 11.5 Å². The number of aryl methyl sites for hydroxylation is 1. The van der Waals surface area contributed by atoms with Crippen molar-refractivity contribution in [2.24, 2.45) is 18.9 Å². The summed E-state index contributed by atoms with van der Waals surface area (Å²) in [6, 6.07) is 10.6. The van der Waals surface area contributed by atoms with Crippen molar-refractivity contribution in [2.45, 2.75) is 6.42 Å². The monoisotopic (exact) mass is 359 g/mol. The number of pyridine rings is 2. The van der Waals surface area contributed by atoms with Gasteiger partial charge in [-0.25, -0.2) is 4.98 Å². The Balaban J connectivity index is 1.72. The third-order valence-electron chi connectivity index (χ3n) is 4.83. The number of carbonyl (C=O) groups excluding carboxylic acids is 1. The SMILES string of the molecule is Cn1ccc(=O)cc1-c1cc(N)c2cnc(NC(=O)C3CC3C#N)cc2c1. The van der Waals surface area contributed by atoms with Gasteiger partial charge in [0.2, 0.25) is 5.91 Å². The zero-order valence-electron chi connectivity index (χ0n) is 14.6. The molecule has 1 amide bonds. The van der Waals surface area contributed by atoms with E-state index in [-0.39, 0.29) is 23.2 Å². The van der Waals surface area contributed by atoms with E-state index in [1.54, 1.807) is 30.6 Å². The largest absolute Gasteiger partial charge is 0.398 e. The molecule has 27 heavy (non-hydrogen) atoms. The fourth-order valence-corrected chi connectivity index (χ4v) is 3.19. The number of nitrogens with one attached hydrogen (secondary N) is 1. The highest BCUT2D eigenvalue weighted by Gasteiger charge is 2.43. The van der Waals surface area contributed by atoms with Crippen molar-refractivity contribution in [3.63, 3.8) is 0 Å². The summed E-state index contributed by atoms with van der Waals surface area (Å²) >= 11 is 0.